The largest absolute Gasteiger partial charge is 0.493 e. The molecule has 87 heavy (non-hydrogen) atoms. The van der Waals surface area contributed by atoms with E-state index >= 15 is 0 Å². The SMILES string of the molecule is COc1ccc(CC2c3cc(OC)c(OC)cc3CCN2CC(OC(=O)c2ccc(Cl)cc2Cl)C(=O)OCCCCCOC(=O)C(CN2CCc3cc(OC)c(OC)cc3C2Cc2ccc(OC)c(OC)c2)OC(=O)c2ccc(Cl)cc2Cl)cc1OC. The van der Waals surface area contributed by atoms with Crippen molar-refractivity contribution in [3.8, 4) is 46.0 Å². The molecule has 0 aliphatic carbocycles. The first-order valence-corrected chi connectivity index (χ1v) is 29.6. The summed E-state index contributed by atoms with van der Waals surface area (Å²) in [7, 11) is 12.6. The number of carbonyl (C=O) groups excluding carboxylic acids is 4. The van der Waals surface area contributed by atoms with Crippen molar-refractivity contribution in [3.63, 3.8) is 0 Å². The van der Waals surface area contributed by atoms with Gasteiger partial charge in [-0.05, 0) is 163 Å². The van der Waals surface area contributed by atoms with E-state index in [0.29, 0.717) is 114 Å². The highest BCUT2D eigenvalue weighted by Gasteiger charge is 2.38. The maximum atomic E-state index is 14.3. The quantitative estimate of drug-likeness (QED) is 0.0256. The Morgan fingerprint density at radius 3 is 1.15 bits per heavy atom. The molecule has 18 nitrogen and oxygen atoms in total. The molecule has 6 aromatic rings. The van der Waals surface area contributed by atoms with Gasteiger partial charge in [-0.1, -0.05) is 58.5 Å². The van der Waals surface area contributed by atoms with Crippen molar-refractivity contribution in [2.24, 2.45) is 0 Å². The first kappa shape index (κ1) is 65.7. The Labute approximate surface area is 526 Å². The number of fused-ring (bicyclic) bond motifs is 2. The Balaban J connectivity index is 0.971. The van der Waals surface area contributed by atoms with Gasteiger partial charge in [-0.15, -0.1) is 0 Å². The van der Waals surface area contributed by atoms with Crippen LogP contribution in [0.5, 0.6) is 46.0 Å². The lowest BCUT2D eigenvalue weighted by Gasteiger charge is -2.39. The smallest absolute Gasteiger partial charge is 0.348 e. The Morgan fingerprint density at radius 1 is 0.437 bits per heavy atom. The van der Waals surface area contributed by atoms with Gasteiger partial charge in [0.25, 0.3) is 0 Å². The second-order valence-corrected chi connectivity index (χ2v) is 22.2. The fraction of sp³-hybridized carbons (Fsp3) is 0.385. The van der Waals surface area contributed by atoms with E-state index in [2.05, 4.69) is 9.80 Å². The molecular formula is C65H70Cl4N2O16. The molecular weight excluding hydrogens is 1210 g/mol. The van der Waals surface area contributed by atoms with Crippen molar-refractivity contribution >= 4 is 70.3 Å². The molecule has 0 N–H and O–H groups in total. The van der Waals surface area contributed by atoms with Gasteiger partial charge >= 0.3 is 23.9 Å². The van der Waals surface area contributed by atoms with E-state index in [1.54, 1.807) is 56.9 Å². The van der Waals surface area contributed by atoms with Gasteiger partial charge < -0.3 is 56.8 Å². The molecule has 0 fully saturated rings. The highest BCUT2D eigenvalue weighted by molar-refractivity contribution is 6.37. The maximum absolute atomic E-state index is 14.3. The highest BCUT2D eigenvalue weighted by Crippen LogP contribution is 2.43. The van der Waals surface area contributed by atoms with Gasteiger partial charge in [0, 0.05) is 48.3 Å². The number of halogens is 4. The lowest BCUT2D eigenvalue weighted by molar-refractivity contribution is -0.155. The van der Waals surface area contributed by atoms with Crippen LogP contribution in [0.15, 0.2) is 97.1 Å². The predicted molar refractivity (Wildman–Crippen MR) is 329 cm³/mol. The summed E-state index contributed by atoms with van der Waals surface area (Å²) >= 11 is 25.3. The zero-order valence-corrected chi connectivity index (χ0v) is 52.7. The van der Waals surface area contributed by atoms with Crippen LogP contribution in [0.4, 0.5) is 0 Å². The minimum atomic E-state index is -1.42. The molecule has 22 heteroatoms. The lowest BCUT2D eigenvalue weighted by Crippen LogP contribution is -2.45. The predicted octanol–water partition coefficient (Wildman–Crippen LogP) is 12.1. The van der Waals surface area contributed by atoms with Crippen molar-refractivity contribution in [3.05, 3.63) is 162 Å². The van der Waals surface area contributed by atoms with Crippen molar-refractivity contribution in [1.29, 1.82) is 0 Å². The van der Waals surface area contributed by atoms with Gasteiger partial charge in [-0.25, -0.2) is 19.2 Å². The molecule has 2 heterocycles. The summed E-state index contributed by atoms with van der Waals surface area (Å²) in [6.07, 6.45) is 0.344. The van der Waals surface area contributed by atoms with Crippen molar-refractivity contribution in [1.82, 2.24) is 9.80 Å². The van der Waals surface area contributed by atoms with Crippen LogP contribution < -0.4 is 37.9 Å². The normalized spacial score (nSPS) is 15.4. The molecule has 0 saturated heterocycles. The molecule has 2 aliphatic heterocycles. The number of nitrogens with zero attached hydrogens (tertiary/aromatic N) is 2. The summed E-state index contributed by atoms with van der Waals surface area (Å²) in [6, 6.07) is 27.1. The Hall–Kier alpha value is -7.32. The van der Waals surface area contributed by atoms with Crippen molar-refractivity contribution in [2.45, 2.75) is 69.2 Å². The fourth-order valence-corrected chi connectivity index (χ4v) is 11.9. The molecule has 8 rings (SSSR count). The average Bonchev–Trinajstić information content (AvgIpc) is 1.61. The van der Waals surface area contributed by atoms with E-state index in [0.717, 1.165) is 33.4 Å². The Kier molecular flexibility index (Phi) is 23.4. The third-order valence-electron chi connectivity index (χ3n) is 15.4. The number of ether oxygens (including phenoxy) is 12. The second-order valence-electron chi connectivity index (χ2n) is 20.6. The van der Waals surface area contributed by atoms with Crippen LogP contribution in [0, 0.1) is 0 Å². The molecule has 0 amide bonds. The molecule has 0 bridgehead atoms. The van der Waals surface area contributed by atoms with Crippen molar-refractivity contribution in [2.75, 3.05) is 96.3 Å². The van der Waals surface area contributed by atoms with Crippen LogP contribution in [0.2, 0.25) is 20.1 Å². The third-order valence-corrected chi connectivity index (χ3v) is 16.5. The maximum Gasteiger partial charge on any atom is 0.348 e. The molecule has 0 radical (unpaired) electrons. The number of carbonyl (C=O) groups is 4. The van der Waals surface area contributed by atoms with Crippen LogP contribution in [-0.4, -0.2) is 142 Å². The molecule has 6 aromatic carbocycles. The minimum absolute atomic E-state index is 0.0132. The van der Waals surface area contributed by atoms with Gasteiger partial charge in [0.05, 0.1) is 91.3 Å². The van der Waals surface area contributed by atoms with Crippen LogP contribution in [-0.2, 0) is 54.2 Å². The van der Waals surface area contributed by atoms with Crippen LogP contribution in [0.25, 0.3) is 0 Å². The fourth-order valence-electron chi connectivity index (χ4n) is 10.9. The Morgan fingerprint density at radius 2 is 0.793 bits per heavy atom. The van der Waals surface area contributed by atoms with E-state index in [4.69, 9.17) is 103 Å². The molecule has 4 unspecified atom stereocenters. The topological polar surface area (TPSA) is 186 Å². The third kappa shape index (κ3) is 16.3. The highest BCUT2D eigenvalue weighted by atomic mass is 35.5. The average molecular weight is 1280 g/mol. The summed E-state index contributed by atoms with van der Waals surface area (Å²) in [5.41, 5.74) is 5.75. The van der Waals surface area contributed by atoms with Crippen LogP contribution in [0.1, 0.15) is 85.4 Å². The van der Waals surface area contributed by atoms with Crippen LogP contribution >= 0.6 is 46.4 Å². The van der Waals surface area contributed by atoms with Crippen molar-refractivity contribution < 1.29 is 76.0 Å². The standard InChI is InChI=1S/C65H70Cl4N2O16/c1-76-52-18-12-38(28-54(52)78-3)26-50-46-34-58(82-7)56(80-5)30-40(46)20-22-70(50)36-60(86-62(72)44-16-14-42(66)32-48(44)68)64(74)84-24-10-9-11-25-85-65(75)61(87-63(73)45-17-15-43(67)33-49(45)69)37-71-23-21-41-31-57(81-6)59(83-8)35-47(41)51(71)27-39-13-19-53(77-2)55(29-39)79-4/h12-19,28-35,50-51,60-61H,9-11,20-27,36-37H2,1-8H3. The summed E-state index contributed by atoms with van der Waals surface area (Å²) in [4.78, 5) is 60.6. The molecule has 464 valence electrons. The second kappa shape index (κ2) is 31.0. The van der Waals surface area contributed by atoms with Gasteiger partial charge in [0.2, 0.25) is 12.2 Å². The van der Waals surface area contributed by atoms with E-state index in [1.165, 1.54) is 36.4 Å². The number of benzene rings is 6. The number of esters is 4. The summed E-state index contributed by atoms with van der Waals surface area (Å²) in [6.45, 7) is 0.693. The van der Waals surface area contributed by atoms with Gasteiger partial charge in [-0.3, -0.25) is 9.80 Å². The molecule has 4 atom stereocenters. The number of rotatable bonds is 28. The number of hydrogen-bond donors (Lipinski definition) is 0. The number of hydrogen-bond acceptors (Lipinski definition) is 18. The monoisotopic (exact) mass is 1270 g/mol. The van der Waals surface area contributed by atoms with E-state index < -0.39 is 36.1 Å². The molecule has 0 spiro atoms. The lowest BCUT2D eigenvalue weighted by atomic mass is 9.87. The molecule has 2 aliphatic rings. The van der Waals surface area contributed by atoms with Gasteiger partial charge in [-0.2, -0.15) is 0 Å². The molecule has 0 aromatic heterocycles. The van der Waals surface area contributed by atoms with Gasteiger partial charge in [0.15, 0.2) is 46.0 Å². The zero-order chi connectivity index (χ0) is 62.3. The molecule has 0 saturated carbocycles. The van der Waals surface area contributed by atoms with E-state index in [9.17, 15) is 19.2 Å². The first-order valence-electron chi connectivity index (χ1n) is 28.1. The van der Waals surface area contributed by atoms with E-state index in [-0.39, 0.29) is 59.6 Å². The van der Waals surface area contributed by atoms with Crippen LogP contribution in [0.3, 0.4) is 0 Å². The summed E-state index contributed by atoms with van der Waals surface area (Å²) in [5, 5.41) is 0.716. The summed E-state index contributed by atoms with van der Waals surface area (Å²) in [5.74, 6) is 1.17. The number of methoxy groups -OCH3 is 8. The van der Waals surface area contributed by atoms with E-state index in [1.807, 2.05) is 60.7 Å². The first-order chi connectivity index (χ1) is 42.0. The number of unbranched alkanes of at least 4 members (excludes halogenated alkanes) is 2. The van der Waals surface area contributed by atoms with Gasteiger partial charge in [0.1, 0.15) is 0 Å². The Bertz CT molecular complexity index is 3200. The summed E-state index contributed by atoms with van der Waals surface area (Å²) < 4.78 is 69.0. The minimum Gasteiger partial charge on any atom is -0.493 e. The zero-order valence-electron chi connectivity index (χ0n) is 49.7.